The van der Waals surface area contributed by atoms with Crippen LogP contribution < -0.4 is 4.72 Å². The fourth-order valence-electron chi connectivity index (χ4n) is 2.84. The third kappa shape index (κ3) is 3.54. The highest BCUT2D eigenvalue weighted by Gasteiger charge is 2.21. The van der Waals surface area contributed by atoms with E-state index in [0.717, 1.165) is 22.4 Å². The van der Waals surface area contributed by atoms with E-state index in [1.165, 1.54) is 0 Å². The third-order valence-corrected chi connectivity index (χ3v) is 6.33. The molecule has 0 aliphatic rings. The average Bonchev–Trinajstić information content (AvgIpc) is 2.89. The molecule has 2 aromatic carbocycles. The molecule has 0 saturated heterocycles. The van der Waals surface area contributed by atoms with E-state index < -0.39 is 10.0 Å². The minimum atomic E-state index is -3.75. The number of aromatic nitrogens is 1. The van der Waals surface area contributed by atoms with Gasteiger partial charge in [-0.3, -0.25) is 4.72 Å². The quantitative estimate of drug-likeness (QED) is 0.616. The summed E-state index contributed by atoms with van der Waals surface area (Å²) in [5.41, 5.74) is 4.50. The van der Waals surface area contributed by atoms with Crippen molar-refractivity contribution < 1.29 is 12.9 Å². The van der Waals surface area contributed by atoms with Gasteiger partial charge in [0.2, 0.25) is 0 Å². The van der Waals surface area contributed by atoms with Crippen LogP contribution in [0.1, 0.15) is 22.6 Å². The van der Waals surface area contributed by atoms with Crippen LogP contribution in [0, 0.1) is 27.7 Å². The summed E-state index contributed by atoms with van der Waals surface area (Å²) in [5, 5.41) is 3.95. The van der Waals surface area contributed by atoms with Crippen LogP contribution in [0.4, 0.5) is 5.69 Å². The Labute approximate surface area is 161 Å². The molecule has 26 heavy (non-hydrogen) atoms. The van der Waals surface area contributed by atoms with Crippen molar-refractivity contribution in [2.24, 2.45) is 0 Å². The topological polar surface area (TPSA) is 72.2 Å². The second-order valence-electron chi connectivity index (χ2n) is 6.27. The van der Waals surface area contributed by atoms with E-state index in [1.807, 2.05) is 39.0 Å². The van der Waals surface area contributed by atoms with E-state index in [-0.39, 0.29) is 4.90 Å². The lowest BCUT2D eigenvalue weighted by molar-refractivity contribution is 0.393. The molecule has 1 N–H and O–H groups in total. The number of halogens is 1. The van der Waals surface area contributed by atoms with Crippen molar-refractivity contribution in [1.29, 1.82) is 0 Å². The minimum Gasteiger partial charge on any atom is -0.361 e. The van der Waals surface area contributed by atoms with E-state index in [1.54, 1.807) is 25.1 Å². The first-order chi connectivity index (χ1) is 12.2. The first kappa shape index (κ1) is 18.7. The summed E-state index contributed by atoms with van der Waals surface area (Å²) < 4.78 is 34.5. The highest BCUT2D eigenvalue weighted by atomic mass is 79.9. The van der Waals surface area contributed by atoms with Crippen molar-refractivity contribution in [2.75, 3.05) is 4.72 Å². The van der Waals surface area contributed by atoms with Crippen LogP contribution in [0.15, 0.2) is 50.3 Å². The first-order valence-corrected chi connectivity index (χ1v) is 10.3. The Morgan fingerprint density at radius 1 is 1.04 bits per heavy atom. The van der Waals surface area contributed by atoms with Gasteiger partial charge in [0.1, 0.15) is 5.76 Å². The molecule has 0 amide bonds. The Bertz CT molecular complexity index is 1070. The number of sulfonamides is 1. The number of hydrogen-bond acceptors (Lipinski definition) is 4. The zero-order valence-electron chi connectivity index (χ0n) is 14.9. The van der Waals surface area contributed by atoms with Crippen molar-refractivity contribution >= 4 is 31.6 Å². The van der Waals surface area contributed by atoms with Gasteiger partial charge in [-0.05, 0) is 78.5 Å². The van der Waals surface area contributed by atoms with Gasteiger partial charge in [0, 0.05) is 10.0 Å². The molecule has 1 heterocycles. The molecule has 0 atom stereocenters. The normalized spacial score (nSPS) is 11.6. The van der Waals surface area contributed by atoms with Gasteiger partial charge >= 0.3 is 0 Å². The van der Waals surface area contributed by atoms with E-state index in [0.29, 0.717) is 21.5 Å². The molecule has 0 aliphatic heterocycles. The number of rotatable bonds is 4. The fourth-order valence-corrected chi connectivity index (χ4v) is 4.92. The molecule has 3 rings (SSSR count). The Hall–Kier alpha value is -2.12. The lowest BCUT2D eigenvalue weighted by atomic mass is 10.0. The van der Waals surface area contributed by atoms with Crippen LogP contribution in [-0.4, -0.2) is 13.6 Å². The number of anilines is 1. The molecular formula is C19H19BrN2O3S. The van der Waals surface area contributed by atoms with E-state index in [4.69, 9.17) is 4.52 Å². The van der Waals surface area contributed by atoms with Gasteiger partial charge in [-0.25, -0.2) is 8.42 Å². The van der Waals surface area contributed by atoms with Crippen molar-refractivity contribution in [3.05, 3.63) is 63.5 Å². The summed E-state index contributed by atoms with van der Waals surface area (Å²) in [7, 11) is -3.75. The maximum absolute atomic E-state index is 13.0. The van der Waals surface area contributed by atoms with Crippen LogP contribution in [0.25, 0.3) is 11.1 Å². The number of nitrogens with zero attached hydrogens (tertiary/aromatic N) is 1. The monoisotopic (exact) mass is 434 g/mol. The van der Waals surface area contributed by atoms with Gasteiger partial charge in [0.05, 0.1) is 16.3 Å². The molecule has 0 bridgehead atoms. The van der Waals surface area contributed by atoms with Crippen LogP contribution in [0.2, 0.25) is 0 Å². The second kappa shape index (κ2) is 6.89. The van der Waals surface area contributed by atoms with E-state index in [9.17, 15) is 8.42 Å². The molecular weight excluding hydrogens is 416 g/mol. The lowest BCUT2D eigenvalue weighted by Crippen LogP contribution is -2.15. The van der Waals surface area contributed by atoms with Gasteiger partial charge in [-0.15, -0.1) is 0 Å². The summed E-state index contributed by atoms with van der Waals surface area (Å²) >= 11 is 3.41. The summed E-state index contributed by atoms with van der Waals surface area (Å²) in [6.45, 7) is 7.36. The highest BCUT2D eigenvalue weighted by molar-refractivity contribution is 9.10. The number of aryl methyl sites for hydroxylation is 4. The summed E-state index contributed by atoms with van der Waals surface area (Å²) in [6.07, 6.45) is 0. The van der Waals surface area contributed by atoms with Crippen molar-refractivity contribution in [3.8, 4) is 11.1 Å². The Kier molecular flexibility index (Phi) is 4.94. The van der Waals surface area contributed by atoms with Gasteiger partial charge in [0.15, 0.2) is 0 Å². The second-order valence-corrected chi connectivity index (χ2v) is 8.77. The van der Waals surface area contributed by atoms with Crippen LogP contribution >= 0.6 is 15.9 Å². The third-order valence-electron chi connectivity index (χ3n) is 4.17. The van der Waals surface area contributed by atoms with Crippen LogP contribution in [-0.2, 0) is 10.0 Å². The zero-order valence-corrected chi connectivity index (χ0v) is 17.3. The molecule has 0 saturated carbocycles. The minimum absolute atomic E-state index is 0.225. The molecule has 7 heteroatoms. The smallest absolute Gasteiger partial charge is 0.262 e. The maximum Gasteiger partial charge on any atom is 0.262 e. The van der Waals surface area contributed by atoms with Gasteiger partial charge in [0.25, 0.3) is 10.0 Å². The fraction of sp³-hybridized carbons (Fsp3) is 0.211. The molecule has 0 unspecified atom stereocenters. The van der Waals surface area contributed by atoms with Crippen LogP contribution in [0.3, 0.4) is 0 Å². The molecule has 3 aromatic rings. The van der Waals surface area contributed by atoms with Crippen molar-refractivity contribution in [2.45, 2.75) is 32.6 Å². The molecule has 5 nitrogen and oxygen atoms in total. The van der Waals surface area contributed by atoms with Gasteiger partial charge in [-0.1, -0.05) is 23.4 Å². The first-order valence-electron chi connectivity index (χ1n) is 8.02. The summed E-state index contributed by atoms with van der Waals surface area (Å²) in [4.78, 5) is 0.225. The van der Waals surface area contributed by atoms with Gasteiger partial charge < -0.3 is 4.52 Å². The number of nitrogens with one attached hydrogen (secondary N) is 1. The van der Waals surface area contributed by atoms with Crippen molar-refractivity contribution in [3.63, 3.8) is 0 Å². The maximum atomic E-state index is 13.0. The molecule has 0 spiro atoms. The standard InChI is InChI=1S/C19H19BrN2O3S/c1-11-5-8-17(16(20)9-11)22-26(23,24)18-10-15(7-6-12(18)2)19-13(3)21-25-14(19)4/h5-10,22H,1-4H3. The molecule has 1 aromatic heterocycles. The van der Waals surface area contributed by atoms with E-state index >= 15 is 0 Å². The lowest BCUT2D eigenvalue weighted by Gasteiger charge is -2.13. The highest BCUT2D eigenvalue weighted by Crippen LogP contribution is 2.32. The SMILES string of the molecule is Cc1ccc(NS(=O)(=O)c2cc(-c3c(C)noc3C)ccc2C)c(Br)c1. The molecule has 0 fully saturated rings. The number of benzene rings is 2. The van der Waals surface area contributed by atoms with E-state index in [2.05, 4.69) is 25.8 Å². The summed E-state index contributed by atoms with van der Waals surface area (Å²) in [6, 6.07) is 10.8. The molecule has 0 aliphatic carbocycles. The predicted molar refractivity (Wildman–Crippen MR) is 106 cm³/mol. The Morgan fingerprint density at radius 3 is 2.38 bits per heavy atom. The summed E-state index contributed by atoms with van der Waals surface area (Å²) in [5.74, 6) is 0.656. The average molecular weight is 435 g/mol. The van der Waals surface area contributed by atoms with Gasteiger partial charge in [-0.2, -0.15) is 0 Å². The molecule has 0 radical (unpaired) electrons. The Balaban J connectivity index is 2.06. The zero-order chi connectivity index (χ0) is 19.1. The predicted octanol–water partition coefficient (Wildman–Crippen LogP) is 5.14. The Morgan fingerprint density at radius 2 is 1.77 bits per heavy atom. The largest absolute Gasteiger partial charge is 0.361 e. The van der Waals surface area contributed by atoms with Crippen molar-refractivity contribution in [1.82, 2.24) is 5.16 Å². The van der Waals surface area contributed by atoms with Crippen LogP contribution in [0.5, 0.6) is 0 Å². The number of hydrogen-bond donors (Lipinski definition) is 1. The molecule has 136 valence electrons.